The number of thiophene rings is 1. The molecular formula is C18H19BrN2O2S. The van der Waals surface area contributed by atoms with Crippen LogP contribution in [0.1, 0.15) is 41.0 Å². The summed E-state index contributed by atoms with van der Waals surface area (Å²) in [5.74, 6) is -0.119. The lowest BCUT2D eigenvalue weighted by Gasteiger charge is -2.25. The summed E-state index contributed by atoms with van der Waals surface area (Å²) in [4.78, 5) is 27.6. The Balaban J connectivity index is 1.67. The van der Waals surface area contributed by atoms with Crippen LogP contribution in [0.3, 0.4) is 0 Å². The van der Waals surface area contributed by atoms with Gasteiger partial charge in [0.2, 0.25) is 5.91 Å². The molecule has 1 aliphatic rings. The van der Waals surface area contributed by atoms with Crippen molar-refractivity contribution < 1.29 is 9.59 Å². The molecule has 1 N–H and O–H groups in total. The lowest BCUT2D eigenvalue weighted by molar-refractivity contribution is -0.125. The fraction of sp³-hybridized carbons (Fsp3) is 0.333. The van der Waals surface area contributed by atoms with Gasteiger partial charge in [0.05, 0.1) is 10.9 Å². The zero-order valence-corrected chi connectivity index (χ0v) is 15.8. The topological polar surface area (TPSA) is 49.4 Å². The van der Waals surface area contributed by atoms with E-state index in [0.29, 0.717) is 11.4 Å². The Bertz CT molecular complexity index is 715. The molecule has 1 unspecified atom stereocenters. The Morgan fingerprint density at radius 1 is 1.29 bits per heavy atom. The molecule has 2 aromatic rings. The van der Waals surface area contributed by atoms with Gasteiger partial charge in [-0.1, -0.05) is 34.1 Å². The maximum atomic E-state index is 12.7. The third-order valence-electron chi connectivity index (χ3n) is 4.28. The van der Waals surface area contributed by atoms with E-state index in [2.05, 4.69) is 21.2 Å². The predicted molar refractivity (Wildman–Crippen MR) is 99.1 cm³/mol. The summed E-state index contributed by atoms with van der Waals surface area (Å²) >= 11 is 4.83. The van der Waals surface area contributed by atoms with Crippen LogP contribution in [0.2, 0.25) is 0 Å². The highest BCUT2D eigenvalue weighted by Gasteiger charge is 2.35. The van der Waals surface area contributed by atoms with E-state index >= 15 is 0 Å². The fourth-order valence-electron chi connectivity index (χ4n) is 2.97. The maximum absolute atomic E-state index is 12.7. The van der Waals surface area contributed by atoms with Crippen LogP contribution < -0.4 is 5.32 Å². The first-order valence-electron chi connectivity index (χ1n) is 7.96. The smallest absolute Gasteiger partial charge is 0.264 e. The molecule has 24 heavy (non-hydrogen) atoms. The largest absolute Gasteiger partial charge is 0.348 e. The van der Waals surface area contributed by atoms with Crippen LogP contribution in [-0.2, 0) is 4.79 Å². The van der Waals surface area contributed by atoms with E-state index < -0.39 is 0 Å². The van der Waals surface area contributed by atoms with Crippen molar-refractivity contribution in [2.24, 2.45) is 0 Å². The van der Waals surface area contributed by atoms with Crippen LogP contribution in [0.15, 0.2) is 46.3 Å². The Morgan fingerprint density at radius 2 is 2.04 bits per heavy atom. The summed E-state index contributed by atoms with van der Waals surface area (Å²) in [5, 5.41) is 4.93. The SMILES string of the molecule is CC(NC(=O)[C@@H]1CCCN1C(=O)c1cccs1)c1ccc(Br)cc1. The van der Waals surface area contributed by atoms with Crippen molar-refractivity contribution in [2.45, 2.75) is 31.8 Å². The third-order valence-corrected chi connectivity index (χ3v) is 5.66. The van der Waals surface area contributed by atoms with Gasteiger partial charge in [-0.2, -0.15) is 0 Å². The lowest BCUT2D eigenvalue weighted by Crippen LogP contribution is -2.46. The van der Waals surface area contributed by atoms with Crippen LogP contribution >= 0.6 is 27.3 Å². The minimum Gasteiger partial charge on any atom is -0.348 e. The first-order valence-corrected chi connectivity index (χ1v) is 9.64. The van der Waals surface area contributed by atoms with E-state index in [4.69, 9.17) is 0 Å². The van der Waals surface area contributed by atoms with Crippen molar-refractivity contribution in [3.05, 3.63) is 56.7 Å². The summed E-state index contributed by atoms with van der Waals surface area (Å²) in [6.07, 6.45) is 1.58. The molecular weight excluding hydrogens is 388 g/mol. The molecule has 4 nitrogen and oxygen atoms in total. The van der Waals surface area contributed by atoms with E-state index in [1.54, 1.807) is 4.90 Å². The van der Waals surface area contributed by atoms with Crippen molar-refractivity contribution in [1.82, 2.24) is 10.2 Å². The highest BCUT2D eigenvalue weighted by atomic mass is 79.9. The van der Waals surface area contributed by atoms with Crippen molar-refractivity contribution >= 4 is 39.1 Å². The summed E-state index contributed by atoms with van der Waals surface area (Å²) < 4.78 is 1.01. The van der Waals surface area contributed by atoms with E-state index in [1.807, 2.05) is 48.7 Å². The molecule has 1 aromatic heterocycles. The van der Waals surface area contributed by atoms with E-state index in [1.165, 1.54) is 11.3 Å². The molecule has 3 rings (SSSR count). The Hall–Kier alpha value is -1.66. The summed E-state index contributed by atoms with van der Waals surface area (Å²) in [7, 11) is 0. The molecule has 2 atom stereocenters. The Morgan fingerprint density at radius 3 is 2.71 bits per heavy atom. The highest BCUT2D eigenvalue weighted by Crippen LogP contribution is 2.23. The van der Waals surface area contributed by atoms with Gasteiger partial charge in [-0.25, -0.2) is 0 Å². The number of hydrogen-bond donors (Lipinski definition) is 1. The van der Waals surface area contributed by atoms with E-state index in [0.717, 1.165) is 22.9 Å². The highest BCUT2D eigenvalue weighted by molar-refractivity contribution is 9.10. The molecule has 1 fully saturated rings. The number of halogens is 1. The van der Waals surface area contributed by atoms with Crippen LogP contribution in [0.5, 0.6) is 0 Å². The standard InChI is InChI=1S/C18H19BrN2O2S/c1-12(13-6-8-14(19)9-7-13)20-17(22)15-4-2-10-21(15)18(23)16-5-3-11-24-16/h3,5-9,11-12,15H,2,4,10H2,1H3,(H,20,22)/t12?,15-/m0/s1. The van der Waals surface area contributed by atoms with Gasteiger partial charge in [0, 0.05) is 11.0 Å². The van der Waals surface area contributed by atoms with E-state index in [-0.39, 0.29) is 23.9 Å². The zero-order chi connectivity index (χ0) is 17.1. The van der Waals surface area contributed by atoms with Crippen molar-refractivity contribution in [1.29, 1.82) is 0 Å². The average Bonchev–Trinajstić information content (AvgIpc) is 3.26. The number of hydrogen-bond acceptors (Lipinski definition) is 3. The number of likely N-dealkylation sites (tertiary alicyclic amines) is 1. The van der Waals surface area contributed by atoms with Crippen molar-refractivity contribution in [2.75, 3.05) is 6.54 Å². The number of carbonyl (C=O) groups excluding carboxylic acids is 2. The average molecular weight is 407 g/mol. The molecule has 0 saturated carbocycles. The summed E-state index contributed by atoms with van der Waals surface area (Å²) in [6, 6.07) is 11.1. The Labute approximate surface area is 154 Å². The van der Waals surface area contributed by atoms with Gasteiger partial charge in [0.1, 0.15) is 6.04 Å². The van der Waals surface area contributed by atoms with Gasteiger partial charge in [-0.15, -0.1) is 11.3 Å². The summed E-state index contributed by atoms with van der Waals surface area (Å²) in [6.45, 7) is 2.60. The van der Waals surface area contributed by atoms with Gasteiger partial charge in [-0.3, -0.25) is 9.59 Å². The van der Waals surface area contributed by atoms with E-state index in [9.17, 15) is 9.59 Å². The Kier molecular flexibility index (Phi) is 5.36. The maximum Gasteiger partial charge on any atom is 0.264 e. The number of nitrogens with one attached hydrogen (secondary N) is 1. The van der Waals surface area contributed by atoms with Gasteiger partial charge >= 0.3 is 0 Å². The molecule has 2 heterocycles. The lowest BCUT2D eigenvalue weighted by atomic mass is 10.1. The molecule has 1 aromatic carbocycles. The molecule has 0 spiro atoms. The quantitative estimate of drug-likeness (QED) is 0.833. The number of carbonyl (C=O) groups is 2. The molecule has 2 amide bonds. The van der Waals surface area contributed by atoms with Crippen molar-refractivity contribution in [3.63, 3.8) is 0 Å². The molecule has 0 aliphatic carbocycles. The number of rotatable bonds is 4. The van der Waals surface area contributed by atoms with Gasteiger partial charge in [0.15, 0.2) is 0 Å². The normalized spacial score (nSPS) is 18.4. The third kappa shape index (κ3) is 3.70. The molecule has 1 saturated heterocycles. The second-order valence-electron chi connectivity index (χ2n) is 5.92. The van der Waals surface area contributed by atoms with Gasteiger partial charge in [-0.05, 0) is 48.9 Å². The first kappa shape index (κ1) is 17.2. The monoisotopic (exact) mass is 406 g/mol. The molecule has 1 aliphatic heterocycles. The van der Waals surface area contributed by atoms with Crippen LogP contribution in [0.4, 0.5) is 0 Å². The number of benzene rings is 1. The van der Waals surface area contributed by atoms with Crippen molar-refractivity contribution in [3.8, 4) is 0 Å². The minimum absolute atomic E-state index is 0.0426. The minimum atomic E-state index is -0.377. The summed E-state index contributed by atoms with van der Waals surface area (Å²) in [5.41, 5.74) is 1.04. The predicted octanol–water partition coefficient (Wildman–Crippen LogP) is 3.99. The second kappa shape index (κ2) is 7.49. The first-order chi connectivity index (χ1) is 11.6. The van der Waals surface area contributed by atoms with Crippen LogP contribution in [-0.4, -0.2) is 29.3 Å². The molecule has 126 valence electrons. The molecule has 0 bridgehead atoms. The van der Waals surface area contributed by atoms with Crippen LogP contribution in [0, 0.1) is 0 Å². The second-order valence-corrected chi connectivity index (χ2v) is 7.78. The van der Waals surface area contributed by atoms with Gasteiger partial charge < -0.3 is 10.2 Å². The molecule has 6 heteroatoms. The van der Waals surface area contributed by atoms with Crippen LogP contribution in [0.25, 0.3) is 0 Å². The zero-order valence-electron chi connectivity index (χ0n) is 13.4. The fourth-order valence-corrected chi connectivity index (χ4v) is 3.91. The molecule has 0 radical (unpaired) electrons. The number of nitrogens with zero attached hydrogens (tertiary/aromatic N) is 1. The van der Waals surface area contributed by atoms with Gasteiger partial charge in [0.25, 0.3) is 5.91 Å². The number of amides is 2.